The van der Waals surface area contributed by atoms with Crippen LogP contribution < -0.4 is 0 Å². The topological polar surface area (TPSA) is 53.7 Å². The Morgan fingerprint density at radius 3 is 2.89 bits per heavy atom. The third-order valence-electron chi connectivity index (χ3n) is 5.35. The van der Waals surface area contributed by atoms with Crippen LogP contribution in [0.4, 0.5) is 0 Å². The minimum absolute atomic E-state index is 0.0262. The normalized spacial score (nSPS) is 17.5. The third-order valence-corrected chi connectivity index (χ3v) is 5.35. The van der Waals surface area contributed by atoms with Gasteiger partial charge in [-0.2, -0.15) is 0 Å². The van der Waals surface area contributed by atoms with E-state index in [0.29, 0.717) is 12.2 Å². The first-order chi connectivity index (χ1) is 13.2. The molecule has 3 aromatic heterocycles. The second-order valence-corrected chi connectivity index (χ2v) is 7.04. The summed E-state index contributed by atoms with van der Waals surface area (Å²) in [5.41, 5.74) is 2.48. The summed E-state index contributed by atoms with van der Waals surface area (Å²) in [4.78, 5) is 26.3. The molecule has 27 heavy (non-hydrogen) atoms. The fourth-order valence-electron chi connectivity index (χ4n) is 3.79. The van der Waals surface area contributed by atoms with Crippen molar-refractivity contribution in [1.82, 2.24) is 24.2 Å². The molecule has 1 aliphatic heterocycles. The Labute approximate surface area is 159 Å². The number of amides is 1. The van der Waals surface area contributed by atoms with Crippen LogP contribution in [0, 0.1) is 0 Å². The van der Waals surface area contributed by atoms with Crippen molar-refractivity contribution in [2.24, 2.45) is 0 Å². The molecule has 0 aliphatic carbocycles. The maximum absolute atomic E-state index is 12.8. The van der Waals surface area contributed by atoms with Crippen molar-refractivity contribution >= 4 is 11.4 Å². The monoisotopic (exact) mass is 363 g/mol. The lowest BCUT2D eigenvalue weighted by Gasteiger charge is -2.23. The number of hydrogen-bond acceptors (Lipinski definition) is 4. The van der Waals surface area contributed by atoms with Crippen molar-refractivity contribution in [2.75, 3.05) is 20.1 Å². The van der Waals surface area contributed by atoms with Gasteiger partial charge < -0.3 is 9.30 Å². The van der Waals surface area contributed by atoms with E-state index in [4.69, 9.17) is 4.98 Å². The number of likely N-dealkylation sites (tertiary alicyclic amines) is 1. The van der Waals surface area contributed by atoms with E-state index in [1.807, 2.05) is 56.7 Å². The van der Waals surface area contributed by atoms with E-state index in [1.165, 1.54) is 0 Å². The lowest BCUT2D eigenvalue weighted by atomic mass is 10.2. The number of nitrogens with zero attached hydrogens (tertiary/aromatic N) is 5. The van der Waals surface area contributed by atoms with Crippen LogP contribution in [0.15, 0.2) is 48.8 Å². The molecule has 1 atom stereocenters. The molecule has 1 fully saturated rings. The van der Waals surface area contributed by atoms with Crippen molar-refractivity contribution in [3.63, 3.8) is 0 Å². The Morgan fingerprint density at radius 1 is 1.26 bits per heavy atom. The van der Waals surface area contributed by atoms with Gasteiger partial charge in [0, 0.05) is 32.5 Å². The fourth-order valence-corrected chi connectivity index (χ4v) is 3.79. The zero-order chi connectivity index (χ0) is 18.8. The Kier molecular flexibility index (Phi) is 4.90. The molecule has 0 aromatic carbocycles. The minimum Gasteiger partial charge on any atom is -0.341 e. The van der Waals surface area contributed by atoms with E-state index in [1.54, 1.807) is 4.90 Å². The number of imidazole rings is 1. The van der Waals surface area contributed by atoms with Gasteiger partial charge in [0.2, 0.25) is 0 Å². The molecule has 1 saturated heterocycles. The molecule has 6 nitrogen and oxygen atoms in total. The van der Waals surface area contributed by atoms with Crippen LogP contribution in [0.1, 0.15) is 47.8 Å². The van der Waals surface area contributed by atoms with Gasteiger partial charge in [0.15, 0.2) is 5.69 Å². The van der Waals surface area contributed by atoms with Gasteiger partial charge in [-0.05, 0) is 50.6 Å². The highest BCUT2D eigenvalue weighted by molar-refractivity contribution is 5.99. The number of fused-ring (bicyclic) bond motifs is 1. The summed E-state index contributed by atoms with van der Waals surface area (Å²) in [5.74, 6) is 0.925. The Balaban J connectivity index is 1.71. The minimum atomic E-state index is -0.0262. The molecular formula is C21H25N5O. The maximum atomic E-state index is 12.8. The molecule has 1 aliphatic rings. The molecule has 4 rings (SSSR count). The zero-order valence-electron chi connectivity index (χ0n) is 15.9. The highest BCUT2D eigenvalue weighted by Crippen LogP contribution is 2.33. The third kappa shape index (κ3) is 3.32. The summed E-state index contributed by atoms with van der Waals surface area (Å²) in [6, 6.07) is 12.1. The number of rotatable bonds is 5. The molecule has 0 radical (unpaired) electrons. The molecule has 140 valence electrons. The molecule has 1 amide bonds. The van der Waals surface area contributed by atoms with Gasteiger partial charge in [-0.1, -0.05) is 12.1 Å². The largest absolute Gasteiger partial charge is 0.341 e. The van der Waals surface area contributed by atoms with Crippen LogP contribution in [-0.4, -0.2) is 50.2 Å². The summed E-state index contributed by atoms with van der Waals surface area (Å²) in [6.45, 7) is 4.45. The standard InChI is InChI=1S/C21H25N5O/c1-3-24(2)21(27)19-17-10-5-7-14-26(17)20(23-19)18-11-8-13-25(18)15-16-9-4-6-12-22-16/h4-7,9-10,12,14,18H,3,8,11,13,15H2,1-2H3. The van der Waals surface area contributed by atoms with Gasteiger partial charge in [0.1, 0.15) is 5.82 Å². The summed E-state index contributed by atoms with van der Waals surface area (Å²) in [7, 11) is 1.82. The van der Waals surface area contributed by atoms with Crippen molar-refractivity contribution in [1.29, 1.82) is 0 Å². The summed E-state index contributed by atoms with van der Waals surface area (Å²) in [5, 5.41) is 0. The molecule has 4 heterocycles. The molecule has 0 N–H and O–H groups in total. The van der Waals surface area contributed by atoms with Gasteiger partial charge in [-0.3, -0.25) is 14.7 Å². The van der Waals surface area contributed by atoms with Crippen molar-refractivity contribution in [3.8, 4) is 0 Å². The number of carbonyl (C=O) groups excluding carboxylic acids is 1. The van der Waals surface area contributed by atoms with Crippen molar-refractivity contribution < 1.29 is 4.79 Å². The highest BCUT2D eigenvalue weighted by atomic mass is 16.2. The first kappa shape index (κ1) is 17.7. The van der Waals surface area contributed by atoms with E-state index in [2.05, 4.69) is 20.4 Å². The van der Waals surface area contributed by atoms with E-state index < -0.39 is 0 Å². The van der Waals surface area contributed by atoms with Crippen molar-refractivity contribution in [2.45, 2.75) is 32.4 Å². The van der Waals surface area contributed by atoms with Crippen LogP contribution in [0.2, 0.25) is 0 Å². The van der Waals surface area contributed by atoms with Crippen LogP contribution in [-0.2, 0) is 6.54 Å². The number of carbonyl (C=O) groups is 1. The molecule has 3 aromatic rings. The predicted octanol–water partition coefficient (Wildman–Crippen LogP) is 3.16. The number of pyridine rings is 2. The molecular weight excluding hydrogens is 338 g/mol. The number of aromatic nitrogens is 3. The first-order valence-corrected chi connectivity index (χ1v) is 9.55. The van der Waals surface area contributed by atoms with Gasteiger partial charge in [-0.15, -0.1) is 0 Å². The van der Waals surface area contributed by atoms with Gasteiger partial charge in [0.05, 0.1) is 17.3 Å². The van der Waals surface area contributed by atoms with Gasteiger partial charge in [-0.25, -0.2) is 4.98 Å². The Bertz CT molecular complexity index is 936. The first-order valence-electron chi connectivity index (χ1n) is 9.55. The van der Waals surface area contributed by atoms with E-state index in [-0.39, 0.29) is 11.9 Å². The second-order valence-electron chi connectivity index (χ2n) is 7.04. The quantitative estimate of drug-likeness (QED) is 0.699. The van der Waals surface area contributed by atoms with E-state index in [9.17, 15) is 4.79 Å². The number of hydrogen-bond donors (Lipinski definition) is 0. The molecule has 0 bridgehead atoms. The van der Waals surface area contributed by atoms with E-state index in [0.717, 1.165) is 43.0 Å². The average molecular weight is 363 g/mol. The maximum Gasteiger partial charge on any atom is 0.274 e. The van der Waals surface area contributed by atoms with Crippen LogP contribution >= 0.6 is 0 Å². The SMILES string of the molecule is CCN(C)C(=O)c1nc(C2CCCN2Cc2ccccn2)n2ccccc12. The molecule has 6 heteroatoms. The van der Waals surface area contributed by atoms with Crippen LogP contribution in [0.3, 0.4) is 0 Å². The van der Waals surface area contributed by atoms with Crippen LogP contribution in [0.25, 0.3) is 5.52 Å². The average Bonchev–Trinajstić information content (AvgIpc) is 3.32. The van der Waals surface area contributed by atoms with Gasteiger partial charge >= 0.3 is 0 Å². The highest BCUT2D eigenvalue weighted by Gasteiger charge is 2.31. The Morgan fingerprint density at radius 2 is 2.11 bits per heavy atom. The summed E-state index contributed by atoms with van der Waals surface area (Å²) < 4.78 is 2.08. The van der Waals surface area contributed by atoms with E-state index >= 15 is 0 Å². The lowest BCUT2D eigenvalue weighted by molar-refractivity contribution is 0.0798. The van der Waals surface area contributed by atoms with Crippen LogP contribution in [0.5, 0.6) is 0 Å². The van der Waals surface area contributed by atoms with Gasteiger partial charge in [0.25, 0.3) is 5.91 Å². The molecule has 0 saturated carbocycles. The second kappa shape index (κ2) is 7.48. The summed E-state index contributed by atoms with van der Waals surface area (Å²) in [6.07, 6.45) is 6.01. The fraction of sp³-hybridized carbons (Fsp3) is 0.381. The Hall–Kier alpha value is -2.73. The summed E-state index contributed by atoms with van der Waals surface area (Å²) >= 11 is 0. The predicted molar refractivity (Wildman–Crippen MR) is 104 cm³/mol. The van der Waals surface area contributed by atoms with Crippen molar-refractivity contribution in [3.05, 3.63) is 66.0 Å². The smallest absolute Gasteiger partial charge is 0.274 e. The molecule has 1 unspecified atom stereocenters. The zero-order valence-corrected chi connectivity index (χ0v) is 15.9. The lowest BCUT2D eigenvalue weighted by Crippen LogP contribution is -2.27. The molecule has 0 spiro atoms.